The average Bonchev–Trinajstić information content (AvgIpc) is 2.43. The van der Waals surface area contributed by atoms with Crippen molar-refractivity contribution in [2.75, 3.05) is 5.75 Å². The Morgan fingerprint density at radius 1 is 0.810 bits per heavy atom. The van der Waals surface area contributed by atoms with Gasteiger partial charge in [-0.1, -0.05) is 0 Å². The first-order chi connectivity index (χ1) is 9.89. The van der Waals surface area contributed by atoms with E-state index in [1.807, 2.05) is 0 Å². The van der Waals surface area contributed by atoms with Gasteiger partial charge in [0.2, 0.25) is 0 Å². The summed E-state index contributed by atoms with van der Waals surface area (Å²) >= 11 is 0.107. The molecule has 0 atom stereocenters. The second-order valence-corrected chi connectivity index (χ2v) is 22.4. The van der Waals surface area contributed by atoms with E-state index in [1.165, 1.54) is 44.3 Å². The van der Waals surface area contributed by atoms with E-state index < -0.39 is 18.4 Å². The number of hydrogen-bond donors (Lipinski definition) is 0. The van der Waals surface area contributed by atoms with Crippen LogP contribution in [0.3, 0.4) is 0 Å². The quantitative estimate of drug-likeness (QED) is 0.296. The van der Waals surface area contributed by atoms with Crippen molar-refractivity contribution in [1.29, 1.82) is 0 Å². The molecule has 0 aliphatic rings. The zero-order valence-corrected chi connectivity index (χ0v) is 19.3. The van der Waals surface area contributed by atoms with Gasteiger partial charge in [-0.15, -0.1) is 0 Å². The van der Waals surface area contributed by atoms with Gasteiger partial charge in [-0.05, 0) is 0 Å². The number of hydrogen-bond acceptors (Lipinski definition) is 1. The summed E-state index contributed by atoms with van der Waals surface area (Å²) in [6, 6.07) is 0. The van der Waals surface area contributed by atoms with Gasteiger partial charge in [-0.25, -0.2) is 0 Å². The molecule has 21 heavy (non-hydrogen) atoms. The molecule has 0 aromatic heterocycles. The van der Waals surface area contributed by atoms with Gasteiger partial charge in [0.05, 0.1) is 0 Å². The van der Waals surface area contributed by atoms with Crippen molar-refractivity contribution >= 4 is 30.1 Å². The van der Waals surface area contributed by atoms with Crippen LogP contribution in [0.2, 0.25) is 13.3 Å². The average molecular weight is 419 g/mol. The molecule has 0 nitrogen and oxygen atoms in total. The fraction of sp³-hybridized carbons (Fsp3) is 0.895. The summed E-state index contributed by atoms with van der Waals surface area (Å²) in [5, 5.41) is 0. The van der Waals surface area contributed by atoms with Gasteiger partial charge in [-0.2, -0.15) is 0 Å². The Labute approximate surface area is 143 Å². The van der Waals surface area contributed by atoms with E-state index in [-0.39, 0.29) is 0 Å². The summed E-state index contributed by atoms with van der Waals surface area (Å²) in [6.07, 6.45) is 11.1. The molecule has 0 aliphatic carbocycles. The van der Waals surface area contributed by atoms with E-state index in [0.29, 0.717) is 4.75 Å². The maximum atomic E-state index is 2.81. The first kappa shape index (κ1) is 21.9. The summed E-state index contributed by atoms with van der Waals surface area (Å²) in [6.45, 7) is 14.0. The van der Waals surface area contributed by atoms with Crippen LogP contribution in [0.4, 0.5) is 0 Å². The van der Waals surface area contributed by atoms with Crippen LogP contribution < -0.4 is 0 Å². The molecule has 0 aromatic rings. The van der Waals surface area contributed by atoms with Crippen LogP contribution >= 0.6 is 11.8 Å². The Hall–Kier alpha value is 0.889. The number of unbranched alkanes of at least 4 members (excludes halogenated alkanes) is 3. The molecule has 0 heterocycles. The first-order valence-corrected chi connectivity index (χ1v) is 17.9. The van der Waals surface area contributed by atoms with Crippen LogP contribution in [0.5, 0.6) is 0 Å². The summed E-state index contributed by atoms with van der Waals surface area (Å²) in [5.74, 6) is 1.21. The van der Waals surface area contributed by atoms with Crippen molar-refractivity contribution in [3.05, 3.63) is 10.2 Å². The fourth-order valence-corrected chi connectivity index (χ4v) is 18.4. The van der Waals surface area contributed by atoms with E-state index in [9.17, 15) is 0 Å². The van der Waals surface area contributed by atoms with Crippen molar-refractivity contribution in [1.82, 2.24) is 0 Å². The van der Waals surface area contributed by atoms with Crippen LogP contribution in [-0.2, 0) is 0 Å². The second-order valence-electron chi connectivity index (χ2n) is 7.50. The maximum absolute atomic E-state index is 2.81. The van der Waals surface area contributed by atoms with Crippen LogP contribution in [-0.4, -0.2) is 28.9 Å². The van der Waals surface area contributed by atoms with Gasteiger partial charge < -0.3 is 0 Å². The van der Waals surface area contributed by atoms with Gasteiger partial charge >= 0.3 is 144 Å². The van der Waals surface area contributed by atoms with E-state index >= 15 is 0 Å². The predicted octanol–water partition coefficient (Wildman–Crippen LogP) is 7.46. The van der Waals surface area contributed by atoms with Crippen LogP contribution in [0.25, 0.3) is 0 Å². The Balaban J connectivity index is 4.72. The molecule has 126 valence electrons. The molecule has 0 fully saturated rings. The van der Waals surface area contributed by atoms with Gasteiger partial charge in [0.1, 0.15) is 0 Å². The first-order valence-electron chi connectivity index (χ1n) is 9.21. The number of rotatable bonds is 12. The summed E-state index contributed by atoms with van der Waals surface area (Å²) in [4.78, 5) is 0. The zero-order chi connectivity index (χ0) is 16.2. The molecule has 0 saturated heterocycles. The molecule has 0 aliphatic heterocycles. The molecule has 2 heteroatoms. The number of thioether (sulfide) groups is 1. The van der Waals surface area contributed by atoms with Gasteiger partial charge in [-0.3, -0.25) is 0 Å². The van der Waals surface area contributed by atoms with Crippen molar-refractivity contribution in [2.45, 2.75) is 98.1 Å². The molecule has 0 N–H and O–H groups in total. The van der Waals surface area contributed by atoms with Crippen molar-refractivity contribution in [3.8, 4) is 0 Å². The SMILES string of the molecule is CCC[CH2][Sn](/[CH]=C/CSC(C)(C)C)([CH2]CCC)[CH2]CCC. The Kier molecular flexibility index (Phi) is 12.9. The van der Waals surface area contributed by atoms with Crippen LogP contribution in [0.15, 0.2) is 10.2 Å². The molecule has 0 aromatic carbocycles. The summed E-state index contributed by atoms with van der Waals surface area (Å²) in [5.41, 5.74) is 0. The Morgan fingerprint density at radius 2 is 1.24 bits per heavy atom. The standard InChI is InChI=1S/C7H13S.3C4H9.Sn/c1-5-6-8-7(2,3)4;3*1-3-4-2;/h1,5H,6H2,2-4H3;3*1,3-4H2,2H3;. The van der Waals surface area contributed by atoms with Crippen molar-refractivity contribution in [2.24, 2.45) is 0 Å². The molecule has 0 rings (SSSR count). The molecule has 0 spiro atoms. The normalized spacial score (nSPS) is 13.2. The minimum atomic E-state index is -1.99. The Bertz CT molecular complexity index is 243. The predicted molar refractivity (Wildman–Crippen MR) is 106 cm³/mol. The van der Waals surface area contributed by atoms with Gasteiger partial charge in [0, 0.05) is 0 Å². The molecule has 0 amide bonds. The molecular weight excluding hydrogens is 379 g/mol. The van der Waals surface area contributed by atoms with E-state index in [0.717, 1.165) is 0 Å². The molecule has 0 radical (unpaired) electrons. The molecule has 0 unspecified atom stereocenters. The molecular formula is C19H40SSn. The van der Waals surface area contributed by atoms with Crippen molar-refractivity contribution in [3.63, 3.8) is 0 Å². The second kappa shape index (κ2) is 12.3. The third-order valence-corrected chi connectivity index (χ3v) is 19.6. The van der Waals surface area contributed by atoms with Crippen LogP contribution in [0, 0.1) is 0 Å². The van der Waals surface area contributed by atoms with Crippen molar-refractivity contribution < 1.29 is 0 Å². The fourth-order valence-electron chi connectivity index (χ4n) is 2.81. The van der Waals surface area contributed by atoms with E-state index in [2.05, 4.69) is 63.5 Å². The third-order valence-electron chi connectivity index (χ3n) is 4.17. The monoisotopic (exact) mass is 420 g/mol. The molecule has 0 bridgehead atoms. The van der Waals surface area contributed by atoms with E-state index in [1.54, 1.807) is 13.3 Å². The topological polar surface area (TPSA) is 0 Å². The summed E-state index contributed by atoms with van der Waals surface area (Å²) < 4.78 is 8.01. The van der Waals surface area contributed by atoms with Gasteiger partial charge in [0.25, 0.3) is 0 Å². The zero-order valence-electron chi connectivity index (χ0n) is 15.6. The third kappa shape index (κ3) is 12.0. The summed E-state index contributed by atoms with van der Waals surface area (Å²) in [7, 11) is 0. The molecule has 0 saturated carbocycles. The van der Waals surface area contributed by atoms with E-state index in [4.69, 9.17) is 0 Å². The van der Waals surface area contributed by atoms with Gasteiger partial charge in [0.15, 0.2) is 0 Å². The van der Waals surface area contributed by atoms with Crippen LogP contribution in [0.1, 0.15) is 80.1 Å². The Morgan fingerprint density at radius 3 is 1.57 bits per heavy atom. The minimum absolute atomic E-state index is 0.402.